The summed E-state index contributed by atoms with van der Waals surface area (Å²) < 4.78 is 6.75. The molecule has 1 atom stereocenters. The third-order valence-corrected chi connectivity index (χ3v) is 7.72. The second kappa shape index (κ2) is 12.4. The van der Waals surface area contributed by atoms with Crippen molar-refractivity contribution in [3.8, 4) is 11.5 Å². The molecule has 0 saturated heterocycles. The van der Waals surface area contributed by atoms with E-state index in [1.807, 2.05) is 42.5 Å². The van der Waals surface area contributed by atoms with Gasteiger partial charge in [0.15, 0.2) is 11.5 Å². The molecular weight excluding hydrogens is 530 g/mol. The molecule has 5 rings (SSSR count). The number of halogens is 1. The van der Waals surface area contributed by atoms with Crippen LogP contribution in [0.1, 0.15) is 49.3 Å². The molecule has 40 heavy (non-hydrogen) atoms. The van der Waals surface area contributed by atoms with Crippen LogP contribution in [-0.4, -0.2) is 50.0 Å². The van der Waals surface area contributed by atoms with E-state index in [-0.39, 0.29) is 42.4 Å². The lowest BCUT2D eigenvalue weighted by Gasteiger charge is -2.34. The zero-order chi connectivity index (χ0) is 28.1. The van der Waals surface area contributed by atoms with E-state index in [4.69, 9.17) is 16.3 Å². The predicted molar refractivity (Wildman–Crippen MR) is 152 cm³/mol. The first-order chi connectivity index (χ1) is 19.4. The number of amides is 2. The summed E-state index contributed by atoms with van der Waals surface area (Å²) in [4.78, 5) is 29.6. The van der Waals surface area contributed by atoms with Gasteiger partial charge < -0.3 is 20.1 Å². The van der Waals surface area contributed by atoms with Crippen LogP contribution < -0.4 is 10.1 Å². The first kappa shape index (κ1) is 27.5. The molecule has 0 radical (unpaired) electrons. The Labute approximate surface area is 237 Å². The Hall–Kier alpha value is -4.11. The van der Waals surface area contributed by atoms with Crippen molar-refractivity contribution in [1.29, 1.82) is 0 Å². The highest BCUT2D eigenvalue weighted by Crippen LogP contribution is 2.33. The number of nitrogens with zero attached hydrogens (tertiary/aromatic N) is 4. The number of hydrogen-bond acceptors (Lipinski definition) is 6. The van der Waals surface area contributed by atoms with Crippen molar-refractivity contribution in [1.82, 2.24) is 25.2 Å². The summed E-state index contributed by atoms with van der Waals surface area (Å²) >= 11 is 6.52. The van der Waals surface area contributed by atoms with Crippen molar-refractivity contribution in [2.45, 2.75) is 57.3 Å². The minimum absolute atomic E-state index is 0.0205. The lowest BCUT2D eigenvalue weighted by Crippen LogP contribution is -2.47. The molecule has 0 aliphatic heterocycles. The Morgan fingerprint density at radius 3 is 2.60 bits per heavy atom. The summed E-state index contributed by atoms with van der Waals surface area (Å²) in [6, 6.07) is 18.3. The normalized spacial score (nSPS) is 14.6. The quantitative estimate of drug-likeness (QED) is 0.297. The lowest BCUT2D eigenvalue weighted by molar-refractivity contribution is -0.142. The summed E-state index contributed by atoms with van der Waals surface area (Å²) in [5.74, 6) is -0.522. The molecule has 9 nitrogen and oxygen atoms in total. The maximum Gasteiger partial charge on any atom is 0.247 e. The van der Waals surface area contributed by atoms with Crippen LogP contribution in [0, 0.1) is 0 Å². The van der Waals surface area contributed by atoms with Gasteiger partial charge in [-0.3, -0.25) is 9.59 Å². The fraction of sp³-hybridized carbons (Fsp3) is 0.333. The topological polar surface area (TPSA) is 110 Å². The highest BCUT2D eigenvalue weighted by atomic mass is 35.5. The van der Waals surface area contributed by atoms with Gasteiger partial charge in [-0.1, -0.05) is 72.5 Å². The number of phenolic OH excluding ortho intramolecular Hbond substituents is 1. The van der Waals surface area contributed by atoms with Crippen LogP contribution in [0.4, 0.5) is 0 Å². The van der Waals surface area contributed by atoms with Crippen molar-refractivity contribution in [2.75, 3.05) is 7.11 Å². The molecule has 1 aliphatic rings. The lowest BCUT2D eigenvalue weighted by atomic mass is 9.94. The van der Waals surface area contributed by atoms with Gasteiger partial charge in [0.25, 0.3) is 0 Å². The first-order valence-electron chi connectivity index (χ1n) is 13.4. The number of ether oxygens (including phenoxy) is 1. The summed E-state index contributed by atoms with van der Waals surface area (Å²) in [6.07, 6.45) is 5.00. The molecule has 1 heterocycles. The highest BCUT2D eigenvalue weighted by molar-refractivity contribution is 6.31. The van der Waals surface area contributed by atoms with Crippen molar-refractivity contribution >= 4 is 34.4 Å². The van der Waals surface area contributed by atoms with E-state index in [1.54, 1.807) is 18.2 Å². The largest absolute Gasteiger partial charge is 0.504 e. The van der Waals surface area contributed by atoms with E-state index in [9.17, 15) is 14.7 Å². The number of carbonyl (C=O) groups excluding carboxylic acids is 2. The van der Waals surface area contributed by atoms with Crippen molar-refractivity contribution in [3.63, 3.8) is 0 Å². The Morgan fingerprint density at radius 1 is 1.10 bits per heavy atom. The van der Waals surface area contributed by atoms with Gasteiger partial charge in [0.1, 0.15) is 18.1 Å². The van der Waals surface area contributed by atoms with Gasteiger partial charge in [-0.2, -0.15) is 0 Å². The number of phenols is 1. The molecule has 1 aromatic heterocycles. The number of nitrogens with one attached hydrogen (secondary N) is 1. The van der Waals surface area contributed by atoms with E-state index in [1.165, 1.54) is 22.8 Å². The third-order valence-electron chi connectivity index (χ3n) is 7.35. The van der Waals surface area contributed by atoms with Crippen LogP contribution in [-0.2, 0) is 22.7 Å². The Morgan fingerprint density at radius 2 is 1.85 bits per heavy atom. The fourth-order valence-corrected chi connectivity index (χ4v) is 5.46. The molecule has 0 spiro atoms. The number of methoxy groups -OCH3 is 1. The van der Waals surface area contributed by atoms with Crippen LogP contribution in [0.2, 0.25) is 5.02 Å². The summed E-state index contributed by atoms with van der Waals surface area (Å²) in [5.41, 5.74) is 2.52. The van der Waals surface area contributed by atoms with Crippen molar-refractivity contribution < 1.29 is 19.4 Å². The number of hydrogen-bond donors (Lipinski definition) is 2. The smallest absolute Gasteiger partial charge is 0.247 e. The number of aromatic nitrogens is 3. The highest BCUT2D eigenvalue weighted by Gasteiger charge is 2.34. The van der Waals surface area contributed by atoms with Gasteiger partial charge in [0, 0.05) is 17.6 Å². The SMILES string of the molecule is COc1ccc(C(C(=O)NC2CCCCC2)N(Cc2ccccc2Cl)C(=O)Cn2nnc3ccccc32)cc1O. The third kappa shape index (κ3) is 6.04. The molecule has 1 saturated carbocycles. The number of carbonyl (C=O) groups is 2. The number of rotatable bonds is 9. The van der Waals surface area contributed by atoms with E-state index in [0.717, 1.165) is 32.1 Å². The molecular formula is C30H32ClN5O4. The average molecular weight is 562 g/mol. The van der Waals surface area contributed by atoms with Gasteiger partial charge in [-0.15, -0.1) is 5.10 Å². The molecule has 2 N–H and O–H groups in total. The number of para-hydroxylation sites is 1. The second-order valence-electron chi connectivity index (χ2n) is 10.0. The molecule has 10 heteroatoms. The summed E-state index contributed by atoms with van der Waals surface area (Å²) in [6.45, 7) is -0.0685. The van der Waals surface area contributed by atoms with E-state index in [2.05, 4.69) is 15.6 Å². The molecule has 1 unspecified atom stereocenters. The van der Waals surface area contributed by atoms with Gasteiger partial charge in [0.05, 0.1) is 12.6 Å². The van der Waals surface area contributed by atoms with Crippen LogP contribution in [0.3, 0.4) is 0 Å². The molecule has 208 valence electrons. The fourth-order valence-electron chi connectivity index (χ4n) is 5.26. The standard InChI is InChI=1S/C30H32ClN5O4/c1-40-27-16-15-20(17-26(27)37)29(30(39)32-22-10-3-2-4-11-22)35(18-21-9-5-6-12-23(21)31)28(38)19-36-25-14-8-7-13-24(25)33-34-36/h5-9,12-17,22,29,37H,2-4,10-11,18-19H2,1H3,(H,32,39). The summed E-state index contributed by atoms with van der Waals surface area (Å²) in [7, 11) is 1.46. The predicted octanol–water partition coefficient (Wildman–Crippen LogP) is 5.02. The van der Waals surface area contributed by atoms with Crippen LogP contribution in [0.25, 0.3) is 11.0 Å². The zero-order valence-corrected chi connectivity index (χ0v) is 23.1. The Kier molecular flexibility index (Phi) is 8.50. The molecule has 2 amide bonds. The first-order valence-corrected chi connectivity index (χ1v) is 13.8. The maximum atomic E-state index is 14.1. The molecule has 0 bridgehead atoms. The van der Waals surface area contributed by atoms with Crippen LogP contribution in [0.5, 0.6) is 11.5 Å². The number of fused-ring (bicyclic) bond motifs is 1. The van der Waals surface area contributed by atoms with Crippen LogP contribution in [0.15, 0.2) is 66.7 Å². The summed E-state index contributed by atoms with van der Waals surface area (Å²) in [5, 5.41) is 22.6. The van der Waals surface area contributed by atoms with E-state index in [0.29, 0.717) is 27.2 Å². The second-order valence-corrected chi connectivity index (χ2v) is 10.4. The Balaban J connectivity index is 1.56. The van der Waals surface area contributed by atoms with E-state index >= 15 is 0 Å². The number of aromatic hydroxyl groups is 1. The molecule has 4 aromatic rings. The minimum Gasteiger partial charge on any atom is -0.504 e. The maximum absolute atomic E-state index is 14.1. The average Bonchev–Trinajstić information content (AvgIpc) is 3.37. The number of benzene rings is 3. The molecule has 1 aliphatic carbocycles. The van der Waals surface area contributed by atoms with Gasteiger partial charge in [-0.05, 0) is 54.3 Å². The van der Waals surface area contributed by atoms with E-state index < -0.39 is 6.04 Å². The molecule has 1 fully saturated rings. The Bertz CT molecular complexity index is 1500. The monoisotopic (exact) mass is 561 g/mol. The van der Waals surface area contributed by atoms with Gasteiger partial charge in [-0.25, -0.2) is 4.68 Å². The van der Waals surface area contributed by atoms with Crippen LogP contribution >= 0.6 is 11.6 Å². The molecule has 3 aromatic carbocycles. The zero-order valence-electron chi connectivity index (χ0n) is 22.3. The van der Waals surface area contributed by atoms with Crippen molar-refractivity contribution in [3.05, 3.63) is 82.9 Å². The van der Waals surface area contributed by atoms with Gasteiger partial charge >= 0.3 is 0 Å². The minimum atomic E-state index is -1.04. The van der Waals surface area contributed by atoms with Crippen molar-refractivity contribution in [2.24, 2.45) is 0 Å². The van der Waals surface area contributed by atoms with Gasteiger partial charge in [0.2, 0.25) is 11.8 Å².